The summed E-state index contributed by atoms with van der Waals surface area (Å²) < 4.78 is 31.8. The fraction of sp³-hybridized carbons (Fsp3) is 0.278. The zero-order valence-electron chi connectivity index (χ0n) is 14.9. The first kappa shape index (κ1) is 20.2. The van der Waals surface area contributed by atoms with E-state index in [0.717, 1.165) is 18.2 Å². The van der Waals surface area contributed by atoms with Crippen molar-refractivity contribution in [3.8, 4) is 5.75 Å². The summed E-state index contributed by atoms with van der Waals surface area (Å²) >= 11 is 0. The van der Waals surface area contributed by atoms with E-state index in [1.165, 1.54) is 19.2 Å². The first-order chi connectivity index (χ1) is 12.8. The van der Waals surface area contributed by atoms with Crippen molar-refractivity contribution < 1.29 is 23.2 Å². The Kier molecular flexibility index (Phi) is 6.78. The van der Waals surface area contributed by atoms with E-state index >= 15 is 0 Å². The molecule has 0 spiro atoms. The van der Waals surface area contributed by atoms with Crippen LogP contribution in [0.25, 0.3) is 0 Å². The summed E-state index contributed by atoms with van der Waals surface area (Å²) in [7, 11) is 1.37. The van der Waals surface area contributed by atoms with Gasteiger partial charge < -0.3 is 10.1 Å². The number of hydrogen-bond acceptors (Lipinski definition) is 5. The topological polar surface area (TPSA) is 84.7 Å². The molecule has 1 N–H and O–H groups in total. The summed E-state index contributed by atoms with van der Waals surface area (Å²) in [5.41, 5.74) is 0.0391. The fourth-order valence-corrected chi connectivity index (χ4v) is 2.50. The number of hydrogen-bond donors (Lipinski definition) is 1. The Morgan fingerprint density at radius 1 is 1.26 bits per heavy atom. The molecule has 0 saturated heterocycles. The monoisotopic (exact) mass is 379 g/mol. The summed E-state index contributed by atoms with van der Waals surface area (Å²) in [4.78, 5) is 24.2. The van der Waals surface area contributed by atoms with Crippen LogP contribution in [0.5, 0.6) is 5.75 Å². The number of anilines is 1. The number of likely N-dealkylation sites (N-methyl/N-ethyl adjacent to an activating group) is 1. The van der Waals surface area contributed by atoms with Crippen molar-refractivity contribution >= 4 is 17.3 Å². The third kappa shape index (κ3) is 5.45. The van der Waals surface area contributed by atoms with Gasteiger partial charge in [0.2, 0.25) is 5.91 Å². The van der Waals surface area contributed by atoms with Crippen molar-refractivity contribution in [2.24, 2.45) is 0 Å². The number of amides is 1. The van der Waals surface area contributed by atoms with Gasteiger partial charge >= 0.3 is 0 Å². The van der Waals surface area contributed by atoms with Gasteiger partial charge in [0.25, 0.3) is 5.69 Å². The lowest BCUT2D eigenvalue weighted by Gasteiger charge is -2.20. The number of carbonyl (C=O) groups is 1. The summed E-state index contributed by atoms with van der Waals surface area (Å²) in [6.07, 6.45) is 0. The van der Waals surface area contributed by atoms with Gasteiger partial charge in [0.1, 0.15) is 11.5 Å². The number of nitrogens with zero attached hydrogens (tertiary/aromatic N) is 2. The van der Waals surface area contributed by atoms with Crippen molar-refractivity contribution in [3.05, 3.63) is 63.7 Å². The SMILES string of the molecule is CCN(CC(=O)Nc1ccc(F)cc1[N+](=O)[O-])Cc1ccc(OC)c(F)c1. The van der Waals surface area contributed by atoms with E-state index in [1.54, 1.807) is 11.0 Å². The normalized spacial score (nSPS) is 10.7. The van der Waals surface area contributed by atoms with Crippen LogP contribution in [-0.4, -0.2) is 35.9 Å². The predicted octanol–water partition coefficient (Wildman–Crippen LogP) is 3.34. The van der Waals surface area contributed by atoms with Crippen molar-refractivity contribution in [2.75, 3.05) is 25.5 Å². The first-order valence-corrected chi connectivity index (χ1v) is 8.12. The molecule has 0 aliphatic carbocycles. The second-order valence-electron chi connectivity index (χ2n) is 5.74. The molecule has 144 valence electrons. The maximum Gasteiger partial charge on any atom is 0.295 e. The molecule has 0 radical (unpaired) electrons. The molecule has 2 rings (SSSR count). The maximum atomic E-state index is 13.8. The van der Waals surface area contributed by atoms with Crippen LogP contribution in [0.4, 0.5) is 20.2 Å². The molecule has 1 amide bonds. The summed E-state index contributed by atoms with van der Waals surface area (Å²) in [5.74, 6) is -1.64. The smallest absolute Gasteiger partial charge is 0.295 e. The Balaban J connectivity index is 2.05. The molecule has 0 saturated carbocycles. The van der Waals surface area contributed by atoms with Crippen LogP contribution < -0.4 is 10.1 Å². The number of ether oxygens (including phenoxy) is 1. The predicted molar refractivity (Wildman–Crippen MR) is 95.6 cm³/mol. The highest BCUT2D eigenvalue weighted by molar-refractivity contribution is 5.94. The standard InChI is InChI=1S/C18H19F2N3O4/c1-3-22(10-12-4-7-17(27-2)14(20)8-12)11-18(24)21-15-6-5-13(19)9-16(15)23(25)26/h4-9H,3,10-11H2,1-2H3,(H,21,24). The van der Waals surface area contributed by atoms with E-state index < -0.39 is 28.2 Å². The van der Waals surface area contributed by atoms with Gasteiger partial charge in [-0.25, -0.2) is 8.78 Å². The molecule has 2 aromatic carbocycles. The van der Waals surface area contributed by atoms with Gasteiger partial charge in [0.05, 0.1) is 24.6 Å². The third-order valence-corrected chi connectivity index (χ3v) is 3.87. The van der Waals surface area contributed by atoms with Gasteiger partial charge in [-0.3, -0.25) is 19.8 Å². The molecule has 7 nitrogen and oxygen atoms in total. The number of benzene rings is 2. The van der Waals surface area contributed by atoms with Gasteiger partial charge in [0.15, 0.2) is 11.6 Å². The Morgan fingerprint density at radius 3 is 2.59 bits per heavy atom. The van der Waals surface area contributed by atoms with Crippen LogP contribution in [0.2, 0.25) is 0 Å². The highest BCUT2D eigenvalue weighted by Crippen LogP contribution is 2.25. The van der Waals surface area contributed by atoms with E-state index in [2.05, 4.69) is 5.32 Å². The van der Waals surface area contributed by atoms with E-state index in [9.17, 15) is 23.7 Å². The molecular formula is C18H19F2N3O4. The molecule has 0 fully saturated rings. The summed E-state index contributed by atoms with van der Waals surface area (Å²) in [6.45, 7) is 2.55. The lowest BCUT2D eigenvalue weighted by atomic mass is 10.2. The van der Waals surface area contributed by atoms with Gasteiger partial charge in [-0.2, -0.15) is 0 Å². The molecule has 2 aromatic rings. The Labute approximate surface area is 154 Å². The molecule has 0 heterocycles. The average Bonchev–Trinajstić information content (AvgIpc) is 2.62. The minimum Gasteiger partial charge on any atom is -0.494 e. The molecular weight excluding hydrogens is 360 g/mol. The third-order valence-electron chi connectivity index (χ3n) is 3.87. The van der Waals surface area contributed by atoms with Gasteiger partial charge in [-0.1, -0.05) is 13.0 Å². The first-order valence-electron chi connectivity index (χ1n) is 8.12. The highest BCUT2D eigenvalue weighted by Gasteiger charge is 2.18. The van der Waals surface area contributed by atoms with Crippen LogP contribution in [0.3, 0.4) is 0 Å². The molecule has 0 atom stereocenters. The highest BCUT2D eigenvalue weighted by atomic mass is 19.1. The van der Waals surface area contributed by atoms with Gasteiger partial charge in [-0.15, -0.1) is 0 Å². The minimum absolute atomic E-state index is 0.0708. The molecule has 0 aliphatic rings. The van der Waals surface area contributed by atoms with E-state index in [4.69, 9.17) is 4.74 Å². The fourth-order valence-electron chi connectivity index (χ4n) is 2.50. The van der Waals surface area contributed by atoms with Crippen LogP contribution in [0, 0.1) is 21.7 Å². The molecule has 0 aliphatic heterocycles. The number of nitro groups is 1. The molecule has 27 heavy (non-hydrogen) atoms. The number of methoxy groups -OCH3 is 1. The van der Waals surface area contributed by atoms with Crippen molar-refractivity contribution in [2.45, 2.75) is 13.5 Å². The molecule has 0 bridgehead atoms. The van der Waals surface area contributed by atoms with Crippen LogP contribution in [-0.2, 0) is 11.3 Å². The van der Waals surface area contributed by atoms with Gasteiger partial charge in [-0.05, 0) is 36.4 Å². The van der Waals surface area contributed by atoms with Crippen molar-refractivity contribution in [3.63, 3.8) is 0 Å². The van der Waals surface area contributed by atoms with E-state index in [1.807, 2.05) is 6.92 Å². The van der Waals surface area contributed by atoms with Crippen molar-refractivity contribution in [1.82, 2.24) is 4.90 Å². The van der Waals surface area contributed by atoms with Crippen LogP contribution in [0.1, 0.15) is 12.5 Å². The number of nitrogens with one attached hydrogen (secondary N) is 1. The maximum absolute atomic E-state index is 13.8. The minimum atomic E-state index is -0.767. The van der Waals surface area contributed by atoms with Crippen LogP contribution in [0.15, 0.2) is 36.4 Å². The zero-order chi connectivity index (χ0) is 20.0. The number of nitro benzene ring substituents is 1. The summed E-state index contributed by atoms with van der Waals surface area (Å²) in [6, 6.07) is 7.42. The molecule has 0 aromatic heterocycles. The number of rotatable bonds is 8. The van der Waals surface area contributed by atoms with Crippen LogP contribution >= 0.6 is 0 Å². The Morgan fingerprint density at radius 2 is 2.00 bits per heavy atom. The lowest BCUT2D eigenvalue weighted by molar-refractivity contribution is -0.384. The summed E-state index contributed by atoms with van der Waals surface area (Å²) in [5, 5.41) is 13.4. The second kappa shape index (κ2) is 9.04. The molecule has 9 heteroatoms. The van der Waals surface area contributed by atoms with E-state index in [-0.39, 0.29) is 18.0 Å². The number of carbonyl (C=O) groups excluding carboxylic acids is 1. The van der Waals surface area contributed by atoms with E-state index in [0.29, 0.717) is 18.7 Å². The quantitative estimate of drug-likeness (QED) is 0.562. The Hall–Kier alpha value is -3.07. The number of halogens is 2. The average molecular weight is 379 g/mol. The van der Waals surface area contributed by atoms with Gasteiger partial charge in [0, 0.05) is 6.54 Å². The Bertz CT molecular complexity index is 845. The molecule has 0 unspecified atom stereocenters. The second-order valence-corrected chi connectivity index (χ2v) is 5.74. The van der Waals surface area contributed by atoms with Crippen molar-refractivity contribution in [1.29, 1.82) is 0 Å². The largest absolute Gasteiger partial charge is 0.494 e. The zero-order valence-corrected chi connectivity index (χ0v) is 14.9. The lowest BCUT2D eigenvalue weighted by Crippen LogP contribution is -2.33.